The number of ether oxygens (including phenoxy) is 1. The Morgan fingerprint density at radius 2 is 1.62 bits per heavy atom. The Kier molecular flexibility index (Phi) is 2.13. The molecule has 2 aliphatic rings. The van der Waals surface area contributed by atoms with Crippen LogP contribution < -0.4 is 0 Å². The van der Waals surface area contributed by atoms with Gasteiger partial charge in [0.15, 0.2) is 0 Å². The lowest BCUT2D eigenvalue weighted by molar-refractivity contribution is 0.0000752. The second-order valence-electron chi connectivity index (χ2n) is 5.95. The molecule has 2 N–H and O–H groups in total. The van der Waals surface area contributed by atoms with Gasteiger partial charge in [0.1, 0.15) is 24.4 Å². The zero-order chi connectivity index (χ0) is 14.1. The Bertz CT molecular complexity index is 886. The molecule has 1 aliphatic heterocycles. The fraction of sp³-hybridized carbons (Fsp3) is 0.222. The fourth-order valence-corrected chi connectivity index (χ4v) is 3.59. The molecule has 3 aromatic rings. The standard InChI is InChI=1S/C18H14O3/c19-15-13-8-12-10(6-5-9-3-1-2-4-11(9)12)7-14(13)17-18(21-17)16(15)20/h1-8,15-20H/t15-,16+,17+,18-/m0/s1. The minimum absolute atomic E-state index is 0.0609. The number of hydrogen-bond donors (Lipinski definition) is 2. The van der Waals surface area contributed by atoms with Gasteiger partial charge in [-0.15, -0.1) is 0 Å². The summed E-state index contributed by atoms with van der Waals surface area (Å²) in [6.07, 6.45) is -2.00. The van der Waals surface area contributed by atoms with E-state index in [-0.39, 0.29) is 12.2 Å². The van der Waals surface area contributed by atoms with E-state index in [9.17, 15) is 10.2 Å². The summed E-state index contributed by atoms with van der Waals surface area (Å²) >= 11 is 0. The average molecular weight is 278 g/mol. The van der Waals surface area contributed by atoms with E-state index in [1.807, 2.05) is 18.2 Å². The molecule has 104 valence electrons. The Morgan fingerprint density at radius 3 is 2.52 bits per heavy atom. The van der Waals surface area contributed by atoms with Crippen LogP contribution in [0.15, 0.2) is 48.5 Å². The van der Waals surface area contributed by atoms with E-state index in [0.29, 0.717) is 0 Å². The molecule has 1 heterocycles. The molecule has 1 aliphatic carbocycles. The zero-order valence-electron chi connectivity index (χ0n) is 11.2. The highest BCUT2D eigenvalue weighted by Gasteiger charge is 2.53. The van der Waals surface area contributed by atoms with E-state index in [4.69, 9.17) is 4.74 Å². The summed E-state index contributed by atoms with van der Waals surface area (Å²) in [5.74, 6) is 0. The van der Waals surface area contributed by atoms with Crippen LogP contribution in [0.25, 0.3) is 21.5 Å². The number of benzene rings is 3. The summed E-state index contributed by atoms with van der Waals surface area (Å²) in [5, 5.41) is 25.0. The fourth-order valence-electron chi connectivity index (χ4n) is 3.59. The Morgan fingerprint density at radius 1 is 0.810 bits per heavy atom. The molecule has 3 nitrogen and oxygen atoms in total. The SMILES string of the molecule is O[C@H]1[C@@H]2O[C@@H]2c2cc3ccc4ccccc4c3cc2[C@@H]1O. The lowest BCUT2D eigenvalue weighted by Crippen LogP contribution is -2.28. The molecule has 1 saturated heterocycles. The van der Waals surface area contributed by atoms with Gasteiger partial charge in [-0.3, -0.25) is 0 Å². The number of epoxide rings is 1. The molecule has 3 heteroatoms. The summed E-state index contributed by atoms with van der Waals surface area (Å²) in [6, 6.07) is 16.5. The maximum absolute atomic E-state index is 10.3. The normalized spacial score (nSPS) is 30.2. The van der Waals surface area contributed by atoms with Gasteiger partial charge in [0.2, 0.25) is 0 Å². The minimum Gasteiger partial charge on any atom is -0.387 e. The van der Waals surface area contributed by atoms with Crippen LogP contribution in [-0.4, -0.2) is 22.4 Å². The van der Waals surface area contributed by atoms with E-state index in [1.54, 1.807) is 0 Å². The number of fused-ring (bicyclic) bond motifs is 6. The van der Waals surface area contributed by atoms with Gasteiger partial charge in [0.05, 0.1) is 0 Å². The van der Waals surface area contributed by atoms with Crippen molar-refractivity contribution in [2.45, 2.75) is 24.4 Å². The molecule has 0 bridgehead atoms. The van der Waals surface area contributed by atoms with Crippen LogP contribution in [0.4, 0.5) is 0 Å². The molecule has 5 rings (SSSR count). The lowest BCUT2D eigenvalue weighted by atomic mass is 9.85. The zero-order valence-corrected chi connectivity index (χ0v) is 11.2. The summed E-state index contributed by atoms with van der Waals surface area (Å²) < 4.78 is 5.51. The highest BCUT2D eigenvalue weighted by molar-refractivity contribution is 6.08. The van der Waals surface area contributed by atoms with Crippen molar-refractivity contribution in [1.82, 2.24) is 0 Å². The number of aliphatic hydroxyl groups is 2. The largest absolute Gasteiger partial charge is 0.387 e. The lowest BCUT2D eigenvalue weighted by Gasteiger charge is -2.24. The van der Waals surface area contributed by atoms with Crippen molar-refractivity contribution in [2.24, 2.45) is 0 Å². The molecule has 1 fully saturated rings. The molecule has 0 saturated carbocycles. The van der Waals surface area contributed by atoms with E-state index in [1.165, 1.54) is 10.8 Å². The van der Waals surface area contributed by atoms with E-state index < -0.39 is 12.2 Å². The van der Waals surface area contributed by atoms with Crippen molar-refractivity contribution in [3.05, 3.63) is 59.7 Å². The van der Waals surface area contributed by atoms with Gasteiger partial charge in [-0.05, 0) is 44.8 Å². The van der Waals surface area contributed by atoms with Crippen LogP contribution >= 0.6 is 0 Å². The second kappa shape index (κ2) is 3.83. The number of aliphatic hydroxyl groups excluding tert-OH is 2. The van der Waals surface area contributed by atoms with Crippen LogP contribution in [0.3, 0.4) is 0 Å². The van der Waals surface area contributed by atoms with Gasteiger partial charge in [-0.2, -0.15) is 0 Å². The summed E-state index contributed by atoms with van der Waals surface area (Å²) in [6.45, 7) is 0. The van der Waals surface area contributed by atoms with Gasteiger partial charge in [0.25, 0.3) is 0 Å². The molecule has 0 aromatic heterocycles. The van der Waals surface area contributed by atoms with Gasteiger partial charge in [-0.1, -0.05) is 36.4 Å². The molecule has 0 spiro atoms. The predicted molar refractivity (Wildman–Crippen MR) is 80.0 cm³/mol. The van der Waals surface area contributed by atoms with Crippen molar-refractivity contribution in [3.8, 4) is 0 Å². The van der Waals surface area contributed by atoms with Crippen molar-refractivity contribution in [1.29, 1.82) is 0 Å². The van der Waals surface area contributed by atoms with Crippen LogP contribution in [0, 0.1) is 0 Å². The Balaban J connectivity index is 1.87. The molecule has 0 unspecified atom stereocenters. The molecule has 4 atom stereocenters. The van der Waals surface area contributed by atoms with E-state index in [2.05, 4.69) is 30.3 Å². The minimum atomic E-state index is -0.868. The monoisotopic (exact) mass is 278 g/mol. The van der Waals surface area contributed by atoms with Crippen molar-refractivity contribution in [2.75, 3.05) is 0 Å². The third kappa shape index (κ3) is 1.48. The van der Waals surface area contributed by atoms with Crippen molar-refractivity contribution < 1.29 is 14.9 Å². The molecule has 21 heavy (non-hydrogen) atoms. The summed E-state index contributed by atoms with van der Waals surface area (Å²) in [5.41, 5.74) is 1.81. The number of hydrogen-bond acceptors (Lipinski definition) is 3. The van der Waals surface area contributed by atoms with Crippen molar-refractivity contribution >= 4 is 21.5 Å². The highest BCUT2D eigenvalue weighted by atomic mass is 16.6. The Hall–Kier alpha value is -1.94. The average Bonchev–Trinajstić information content (AvgIpc) is 3.32. The first-order valence-corrected chi connectivity index (χ1v) is 7.21. The first kappa shape index (κ1) is 11.7. The van der Waals surface area contributed by atoms with E-state index >= 15 is 0 Å². The number of rotatable bonds is 0. The van der Waals surface area contributed by atoms with Gasteiger partial charge in [-0.25, -0.2) is 0 Å². The van der Waals surface area contributed by atoms with Crippen LogP contribution in [0.2, 0.25) is 0 Å². The third-order valence-electron chi connectivity index (χ3n) is 4.76. The maximum Gasteiger partial charge on any atom is 0.118 e. The van der Waals surface area contributed by atoms with Gasteiger partial charge in [0, 0.05) is 0 Å². The molecular formula is C18H14O3. The predicted octanol–water partition coefficient (Wildman–Crippen LogP) is 2.84. The molecular weight excluding hydrogens is 264 g/mol. The maximum atomic E-state index is 10.3. The summed E-state index contributed by atoms with van der Waals surface area (Å²) in [7, 11) is 0. The van der Waals surface area contributed by atoms with Crippen molar-refractivity contribution in [3.63, 3.8) is 0 Å². The third-order valence-corrected chi connectivity index (χ3v) is 4.76. The first-order chi connectivity index (χ1) is 10.2. The second-order valence-corrected chi connectivity index (χ2v) is 5.95. The quantitative estimate of drug-likeness (QED) is 0.491. The van der Waals surface area contributed by atoms with Gasteiger partial charge >= 0.3 is 0 Å². The molecule has 0 amide bonds. The molecule has 0 radical (unpaired) electrons. The summed E-state index contributed by atoms with van der Waals surface area (Å²) in [4.78, 5) is 0. The highest BCUT2D eigenvalue weighted by Crippen LogP contribution is 2.51. The van der Waals surface area contributed by atoms with Crippen LogP contribution in [0.1, 0.15) is 23.3 Å². The van der Waals surface area contributed by atoms with Gasteiger partial charge < -0.3 is 14.9 Å². The van der Waals surface area contributed by atoms with E-state index in [0.717, 1.165) is 21.9 Å². The smallest absolute Gasteiger partial charge is 0.118 e. The topological polar surface area (TPSA) is 53.0 Å². The van der Waals surface area contributed by atoms with Crippen LogP contribution in [0.5, 0.6) is 0 Å². The molecule has 3 aromatic carbocycles. The van der Waals surface area contributed by atoms with Crippen LogP contribution in [-0.2, 0) is 4.74 Å². The first-order valence-electron chi connectivity index (χ1n) is 7.21. The Labute approximate surface area is 121 Å².